The Morgan fingerprint density at radius 1 is 1.33 bits per heavy atom. The summed E-state index contributed by atoms with van der Waals surface area (Å²) in [5.74, 6) is 0.455. The van der Waals surface area contributed by atoms with Gasteiger partial charge in [0.05, 0.1) is 25.7 Å². The molecule has 3 nitrogen and oxygen atoms in total. The van der Waals surface area contributed by atoms with Gasteiger partial charge in [0, 0.05) is 5.41 Å². The molecule has 0 unspecified atom stereocenters. The molecule has 0 saturated carbocycles. The van der Waals surface area contributed by atoms with Gasteiger partial charge in [-0.05, 0) is 30.4 Å². The monoisotopic (exact) mass is 212 g/mol. The second kappa shape index (κ2) is 5.33. The van der Waals surface area contributed by atoms with Crippen LogP contribution >= 0.6 is 0 Å². The van der Waals surface area contributed by atoms with Gasteiger partial charge in [0.15, 0.2) is 0 Å². The lowest BCUT2D eigenvalue weighted by Gasteiger charge is -2.31. The second-order valence-corrected chi connectivity index (χ2v) is 4.72. The highest BCUT2D eigenvalue weighted by Crippen LogP contribution is 2.30. The molecule has 0 saturated heterocycles. The van der Waals surface area contributed by atoms with E-state index in [9.17, 15) is 10.2 Å². The highest BCUT2D eigenvalue weighted by Gasteiger charge is 2.30. The molecule has 0 radical (unpaired) electrons. The predicted molar refractivity (Wildman–Crippen MR) is 58.5 cm³/mol. The Bertz CT molecular complexity index is 260. The Hall–Kier alpha value is -0.800. The first-order chi connectivity index (χ1) is 7.12. The van der Waals surface area contributed by atoms with Gasteiger partial charge in [-0.15, -0.1) is 0 Å². The summed E-state index contributed by atoms with van der Waals surface area (Å²) in [6, 6.07) is 1.88. The summed E-state index contributed by atoms with van der Waals surface area (Å²) in [6.07, 6.45) is 4.75. The molecule has 3 heteroatoms. The summed E-state index contributed by atoms with van der Waals surface area (Å²) >= 11 is 0. The molecule has 2 N–H and O–H groups in total. The zero-order valence-electron chi connectivity index (χ0n) is 9.44. The van der Waals surface area contributed by atoms with Crippen LogP contribution in [0.5, 0.6) is 0 Å². The summed E-state index contributed by atoms with van der Waals surface area (Å²) in [6.45, 7) is 4.20. The Morgan fingerprint density at radius 2 is 2.00 bits per heavy atom. The molecule has 1 rings (SSSR count). The molecule has 0 aromatic carbocycles. The van der Waals surface area contributed by atoms with Gasteiger partial charge in [-0.1, -0.05) is 13.8 Å². The van der Waals surface area contributed by atoms with Gasteiger partial charge >= 0.3 is 0 Å². The number of hydrogen-bond donors (Lipinski definition) is 2. The third-order valence-electron chi connectivity index (χ3n) is 2.67. The maximum absolute atomic E-state index is 9.43. The van der Waals surface area contributed by atoms with Gasteiger partial charge in [0.25, 0.3) is 0 Å². The summed E-state index contributed by atoms with van der Waals surface area (Å²) in [4.78, 5) is 0. The molecule has 1 aromatic heterocycles. The van der Waals surface area contributed by atoms with E-state index in [1.807, 2.05) is 6.07 Å². The molecule has 0 aliphatic carbocycles. The molecule has 1 aromatic rings. The number of aliphatic hydroxyl groups excluding tert-OH is 2. The molecule has 0 atom stereocenters. The van der Waals surface area contributed by atoms with Crippen LogP contribution in [0.25, 0.3) is 0 Å². The Balaban J connectivity index is 2.71. The number of hydrogen-bond acceptors (Lipinski definition) is 3. The standard InChI is InChI=1S/C12H20O3/c1-10(2)5-12(8-13,9-14)6-11-3-4-15-7-11/h3-4,7,10,13-14H,5-6,8-9H2,1-2H3. The van der Waals surface area contributed by atoms with Crippen LogP contribution in [0.1, 0.15) is 25.8 Å². The van der Waals surface area contributed by atoms with Crippen molar-refractivity contribution < 1.29 is 14.6 Å². The minimum atomic E-state index is -0.419. The minimum absolute atomic E-state index is 0.00681. The summed E-state index contributed by atoms with van der Waals surface area (Å²) in [5.41, 5.74) is 0.608. The quantitative estimate of drug-likeness (QED) is 0.756. The smallest absolute Gasteiger partial charge is 0.0934 e. The SMILES string of the molecule is CC(C)CC(CO)(CO)Cc1ccoc1. The van der Waals surface area contributed by atoms with Crippen molar-refractivity contribution in [2.75, 3.05) is 13.2 Å². The normalized spacial score (nSPS) is 12.3. The molecule has 0 bridgehead atoms. The van der Waals surface area contributed by atoms with Crippen LogP contribution in [0, 0.1) is 11.3 Å². The molecule has 0 aliphatic rings. The van der Waals surface area contributed by atoms with Crippen LogP contribution in [0.4, 0.5) is 0 Å². The minimum Gasteiger partial charge on any atom is -0.472 e. The van der Waals surface area contributed by atoms with Crippen molar-refractivity contribution in [3.05, 3.63) is 24.2 Å². The molecule has 1 heterocycles. The van der Waals surface area contributed by atoms with Gasteiger partial charge in [-0.2, -0.15) is 0 Å². The predicted octanol–water partition coefficient (Wildman–Crippen LogP) is 1.84. The zero-order chi connectivity index (χ0) is 11.3. The Kier molecular flexibility index (Phi) is 4.36. The van der Waals surface area contributed by atoms with Crippen molar-refractivity contribution in [3.63, 3.8) is 0 Å². The average molecular weight is 212 g/mol. The fourth-order valence-electron chi connectivity index (χ4n) is 2.06. The number of aliphatic hydroxyl groups is 2. The molecule has 86 valence electrons. The van der Waals surface area contributed by atoms with Crippen LogP contribution < -0.4 is 0 Å². The van der Waals surface area contributed by atoms with E-state index >= 15 is 0 Å². The first-order valence-corrected chi connectivity index (χ1v) is 5.35. The lowest BCUT2D eigenvalue weighted by molar-refractivity contribution is 0.0368. The first kappa shape index (κ1) is 12.3. The van der Waals surface area contributed by atoms with Gasteiger partial charge in [-0.25, -0.2) is 0 Å². The van der Waals surface area contributed by atoms with Crippen molar-refractivity contribution in [2.24, 2.45) is 11.3 Å². The lowest BCUT2D eigenvalue weighted by atomic mass is 9.77. The van der Waals surface area contributed by atoms with Crippen molar-refractivity contribution in [1.82, 2.24) is 0 Å². The Labute approximate surface area is 90.7 Å². The van der Waals surface area contributed by atoms with E-state index in [0.29, 0.717) is 12.3 Å². The van der Waals surface area contributed by atoms with Gasteiger partial charge in [-0.3, -0.25) is 0 Å². The van der Waals surface area contributed by atoms with E-state index in [1.165, 1.54) is 0 Å². The zero-order valence-corrected chi connectivity index (χ0v) is 9.44. The largest absolute Gasteiger partial charge is 0.472 e. The van der Waals surface area contributed by atoms with E-state index in [2.05, 4.69) is 13.8 Å². The van der Waals surface area contributed by atoms with E-state index in [4.69, 9.17) is 4.42 Å². The Morgan fingerprint density at radius 3 is 2.40 bits per heavy atom. The fraction of sp³-hybridized carbons (Fsp3) is 0.667. The van der Waals surface area contributed by atoms with Gasteiger partial charge in [0.2, 0.25) is 0 Å². The van der Waals surface area contributed by atoms with E-state index in [0.717, 1.165) is 12.0 Å². The van der Waals surface area contributed by atoms with Gasteiger partial charge < -0.3 is 14.6 Å². The first-order valence-electron chi connectivity index (χ1n) is 5.35. The van der Waals surface area contributed by atoms with Crippen LogP contribution in [-0.4, -0.2) is 23.4 Å². The van der Waals surface area contributed by atoms with Crippen molar-refractivity contribution >= 4 is 0 Å². The van der Waals surface area contributed by atoms with Crippen LogP contribution in [-0.2, 0) is 6.42 Å². The molecular formula is C12H20O3. The summed E-state index contributed by atoms with van der Waals surface area (Å²) < 4.78 is 4.99. The molecule has 15 heavy (non-hydrogen) atoms. The molecular weight excluding hydrogens is 192 g/mol. The van der Waals surface area contributed by atoms with Gasteiger partial charge in [0.1, 0.15) is 0 Å². The number of rotatable bonds is 6. The average Bonchev–Trinajstić information content (AvgIpc) is 2.68. The fourth-order valence-corrected chi connectivity index (χ4v) is 2.06. The van der Waals surface area contributed by atoms with Crippen molar-refractivity contribution in [3.8, 4) is 0 Å². The molecule has 0 aliphatic heterocycles. The molecule has 0 fully saturated rings. The molecule has 0 spiro atoms. The van der Waals surface area contributed by atoms with Crippen LogP contribution in [0.2, 0.25) is 0 Å². The van der Waals surface area contributed by atoms with E-state index in [1.54, 1.807) is 12.5 Å². The maximum atomic E-state index is 9.43. The second-order valence-electron chi connectivity index (χ2n) is 4.72. The van der Waals surface area contributed by atoms with Crippen LogP contribution in [0.3, 0.4) is 0 Å². The van der Waals surface area contributed by atoms with Crippen molar-refractivity contribution in [1.29, 1.82) is 0 Å². The van der Waals surface area contributed by atoms with E-state index in [-0.39, 0.29) is 13.2 Å². The van der Waals surface area contributed by atoms with Crippen molar-refractivity contribution in [2.45, 2.75) is 26.7 Å². The topological polar surface area (TPSA) is 53.6 Å². The third kappa shape index (κ3) is 3.36. The lowest BCUT2D eigenvalue weighted by Crippen LogP contribution is -2.33. The highest BCUT2D eigenvalue weighted by atomic mass is 16.3. The van der Waals surface area contributed by atoms with Crippen LogP contribution in [0.15, 0.2) is 23.0 Å². The summed E-state index contributed by atoms with van der Waals surface area (Å²) in [5, 5.41) is 18.9. The third-order valence-corrected chi connectivity index (χ3v) is 2.67. The number of furan rings is 1. The van der Waals surface area contributed by atoms with E-state index < -0.39 is 5.41 Å². The highest BCUT2D eigenvalue weighted by molar-refractivity contribution is 5.09. The maximum Gasteiger partial charge on any atom is 0.0934 e. The molecule has 0 amide bonds. The summed E-state index contributed by atoms with van der Waals surface area (Å²) in [7, 11) is 0.